The van der Waals surface area contributed by atoms with Crippen LogP contribution in [0.2, 0.25) is 0 Å². The molecule has 0 spiro atoms. The average Bonchev–Trinajstić information content (AvgIpc) is 3.25. The van der Waals surface area contributed by atoms with Crippen LogP contribution in [0.5, 0.6) is 0 Å². The number of amides is 1. The number of ether oxygens (including phenoxy) is 1. The van der Waals surface area contributed by atoms with E-state index in [0.29, 0.717) is 11.1 Å². The summed E-state index contributed by atoms with van der Waals surface area (Å²) in [7, 11) is 1.48. The number of fused-ring (bicyclic) bond motifs is 1. The normalized spacial score (nSPS) is 15.9. The van der Waals surface area contributed by atoms with Crippen LogP contribution < -0.4 is 5.32 Å². The molecule has 0 saturated heterocycles. The first kappa shape index (κ1) is 26.6. The smallest absolute Gasteiger partial charge is 0.392 e. The first-order valence-corrected chi connectivity index (χ1v) is 11.7. The van der Waals surface area contributed by atoms with Crippen LogP contribution in [0.15, 0.2) is 42.7 Å². The third kappa shape index (κ3) is 5.62. The van der Waals surface area contributed by atoms with E-state index >= 15 is 0 Å². The van der Waals surface area contributed by atoms with Gasteiger partial charge in [-0.15, -0.1) is 0 Å². The van der Waals surface area contributed by atoms with Gasteiger partial charge in [0, 0.05) is 49.8 Å². The lowest BCUT2D eigenvalue weighted by Gasteiger charge is -2.36. The Bertz CT molecular complexity index is 1290. The maximum absolute atomic E-state index is 13.9. The van der Waals surface area contributed by atoms with E-state index in [4.69, 9.17) is 4.74 Å². The van der Waals surface area contributed by atoms with E-state index in [1.807, 2.05) is 13.8 Å². The van der Waals surface area contributed by atoms with Crippen molar-refractivity contribution < 1.29 is 32.2 Å². The molecule has 1 amide bonds. The molecular weight excluding hydrogens is 492 g/mol. The van der Waals surface area contributed by atoms with Gasteiger partial charge in [0.05, 0.1) is 24.8 Å². The number of hydrogen-bond acceptors (Lipinski definition) is 5. The van der Waals surface area contributed by atoms with Crippen molar-refractivity contribution in [3.8, 4) is 11.1 Å². The molecule has 0 fully saturated rings. The van der Waals surface area contributed by atoms with E-state index in [2.05, 4.69) is 10.3 Å². The Morgan fingerprint density at radius 2 is 1.97 bits per heavy atom. The van der Waals surface area contributed by atoms with Crippen molar-refractivity contribution in [2.45, 2.75) is 51.8 Å². The first-order chi connectivity index (χ1) is 17.5. The number of carbonyl (C=O) groups is 1. The highest BCUT2D eigenvalue weighted by Crippen LogP contribution is 2.39. The Hall–Kier alpha value is -3.44. The van der Waals surface area contributed by atoms with Gasteiger partial charge in [-0.05, 0) is 49.2 Å². The minimum Gasteiger partial charge on any atom is -0.392 e. The standard InChI is InChI=1S/C26H28F4N4O3/c1-15(2)32-24-8-21(22(9-31-24)26(28,29)30)18-7-23-25(36)34(20(14-37-3)12-33(23)10-18)11-17-6-19(27)5-4-16(17)13-35/h4-10,15,20,35H,11-14H2,1-3H3,(H,31,32)/t20-/m1/s1. The molecule has 1 aliphatic heterocycles. The van der Waals surface area contributed by atoms with E-state index in [1.54, 1.807) is 4.57 Å². The highest BCUT2D eigenvalue weighted by Gasteiger charge is 2.37. The number of anilines is 1. The number of nitrogens with one attached hydrogen (secondary N) is 1. The van der Waals surface area contributed by atoms with Gasteiger partial charge in [0.25, 0.3) is 5.91 Å². The second-order valence-electron chi connectivity index (χ2n) is 9.29. The largest absolute Gasteiger partial charge is 0.418 e. The summed E-state index contributed by atoms with van der Waals surface area (Å²) in [4.78, 5) is 19.0. The van der Waals surface area contributed by atoms with Gasteiger partial charge in [0.15, 0.2) is 0 Å². The van der Waals surface area contributed by atoms with Crippen LogP contribution >= 0.6 is 0 Å². The zero-order valence-corrected chi connectivity index (χ0v) is 20.6. The van der Waals surface area contributed by atoms with Gasteiger partial charge in [0.1, 0.15) is 17.3 Å². The lowest BCUT2D eigenvalue weighted by Crippen LogP contribution is -2.49. The number of halogens is 4. The summed E-state index contributed by atoms with van der Waals surface area (Å²) >= 11 is 0. The Kier molecular flexibility index (Phi) is 7.56. The van der Waals surface area contributed by atoms with Crippen LogP contribution in [0.3, 0.4) is 0 Å². The van der Waals surface area contributed by atoms with E-state index in [1.165, 1.54) is 48.5 Å². The molecule has 0 aliphatic carbocycles. The Balaban J connectivity index is 1.76. The first-order valence-electron chi connectivity index (χ1n) is 11.7. The molecule has 3 aromatic rings. The maximum Gasteiger partial charge on any atom is 0.418 e. The number of aromatic nitrogens is 2. The van der Waals surface area contributed by atoms with E-state index < -0.39 is 29.5 Å². The number of nitrogens with zero attached hydrogens (tertiary/aromatic N) is 3. The van der Waals surface area contributed by atoms with Crippen LogP contribution in [0.1, 0.15) is 41.0 Å². The molecule has 0 radical (unpaired) electrons. The van der Waals surface area contributed by atoms with Crippen LogP contribution in [0.25, 0.3) is 11.1 Å². The zero-order chi connectivity index (χ0) is 26.9. The molecule has 2 N–H and O–H groups in total. The number of hydrogen-bond donors (Lipinski definition) is 2. The summed E-state index contributed by atoms with van der Waals surface area (Å²) in [6, 6.07) is 6.20. The van der Waals surface area contributed by atoms with Gasteiger partial charge in [-0.1, -0.05) is 6.07 Å². The molecule has 37 heavy (non-hydrogen) atoms. The summed E-state index contributed by atoms with van der Waals surface area (Å²) in [6.07, 6.45) is -2.33. The number of carbonyl (C=O) groups excluding carboxylic acids is 1. The van der Waals surface area contributed by atoms with E-state index in [-0.39, 0.29) is 55.0 Å². The number of alkyl halides is 3. The fourth-order valence-corrected chi connectivity index (χ4v) is 4.54. The molecule has 1 aliphatic rings. The third-order valence-electron chi connectivity index (χ3n) is 6.22. The van der Waals surface area contributed by atoms with Gasteiger partial charge in [-0.3, -0.25) is 4.79 Å². The van der Waals surface area contributed by atoms with Crippen LogP contribution in [0.4, 0.5) is 23.4 Å². The van der Waals surface area contributed by atoms with Crippen molar-refractivity contribution >= 4 is 11.7 Å². The zero-order valence-electron chi connectivity index (χ0n) is 20.6. The molecule has 0 saturated carbocycles. The predicted octanol–water partition coefficient (Wildman–Crippen LogP) is 4.69. The van der Waals surface area contributed by atoms with Crippen molar-refractivity contribution in [1.29, 1.82) is 0 Å². The minimum atomic E-state index is -4.64. The van der Waals surface area contributed by atoms with Crippen LogP contribution in [-0.2, 0) is 30.6 Å². The molecule has 2 aromatic heterocycles. The Morgan fingerprint density at radius 3 is 2.62 bits per heavy atom. The number of aliphatic hydroxyl groups is 1. The van der Waals surface area contributed by atoms with Gasteiger partial charge in [0.2, 0.25) is 0 Å². The molecule has 1 atom stereocenters. The van der Waals surface area contributed by atoms with Gasteiger partial charge >= 0.3 is 6.18 Å². The monoisotopic (exact) mass is 520 g/mol. The van der Waals surface area contributed by atoms with E-state index in [0.717, 1.165) is 6.20 Å². The van der Waals surface area contributed by atoms with Crippen molar-refractivity contribution in [3.63, 3.8) is 0 Å². The SMILES string of the molecule is COC[C@H]1Cn2cc(-c3cc(NC(C)C)ncc3C(F)(F)F)cc2C(=O)N1Cc1cc(F)ccc1CO. The van der Waals surface area contributed by atoms with Crippen LogP contribution in [-0.4, -0.2) is 51.3 Å². The third-order valence-corrected chi connectivity index (χ3v) is 6.22. The lowest BCUT2D eigenvalue weighted by atomic mass is 10.0. The second kappa shape index (κ2) is 10.5. The van der Waals surface area contributed by atoms with Gasteiger partial charge in [-0.2, -0.15) is 13.2 Å². The molecule has 11 heteroatoms. The Labute approximate surface area is 211 Å². The highest BCUT2D eigenvalue weighted by atomic mass is 19.4. The maximum atomic E-state index is 13.9. The molecule has 198 valence electrons. The van der Waals surface area contributed by atoms with Crippen molar-refractivity contribution in [2.75, 3.05) is 19.0 Å². The van der Waals surface area contributed by atoms with Crippen molar-refractivity contribution in [1.82, 2.24) is 14.5 Å². The number of aliphatic hydroxyl groups excluding tert-OH is 1. The summed E-state index contributed by atoms with van der Waals surface area (Å²) in [5.41, 5.74) is 0.342. The number of methoxy groups -OCH3 is 1. The lowest BCUT2D eigenvalue weighted by molar-refractivity contribution is -0.137. The predicted molar refractivity (Wildman–Crippen MR) is 129 cm³/mol. The van der Waals surface area contributed by atoms with E-state index in [9.17, 15) is 27.5 Å². The quantitative estimate of drug-likeness (QED) is 0.422. The van der Waals surface area contributed by atoms with Crippen molar-refractivity contribution in [2.24, 2.45) is 0 Å². The highest BCUT2D eigenvalue weighted by molar-refractivity contribution is 5.95. The van der Waals surface area contributed by atoms with Gasteiger partial charge < -0.3 is 24.6 Å². The molecular formula is C26H28F4N4O3. The average molecular weight is 521 g/mol. The molecule has 7 nitrogen and oxygen atoms in total. The van der Waals surface area contributed by atoms with Crippen LogP contribution in [0, 0.1) is 5.82 Å². The van der Waals surface area contributed by atoms with Gasteiger partial charge in [-0.25, -0.2) is 9.37 Å². The topological polar surface area (TPSA) is 79.6 Å². The molecule has 4 rings (SSSR count). The summed E-state index contributed by atoms with van der Waals surface area (Å²) in [5.74, 6) is -0.653. The number of pyridine rings is 1. The Morgan fingerprint density at radius 1 is 1.22 bits per heavy atom. The fraction of sp³-hybridized carbons (Fsp3) is 0.385. The summed E-state index contributed by atoms with van der Waals surface area (Å²) < 4.78 is 62.4. The number of benzene rings is 1. The minimum absolute atomic E-state index is 0.00649. The molecule has 3 heterocycles. The second-order valence-corrected chi connectivity index (χ2v) is 9.29. The molecule has 1 aromatic carbocycles. The van der Waals surface area contributed by atoms with Crippen molar-refractivity contribution in [3.05, 3.63) is 70.9 Å². The molecule has 0 unspecified atom stereocenters. The number of rotatable bonds is 8. The fourth-order valence-electron chi connectivity index (χ4n) is 4.54. The summed E-state index contributed by atoms with van der Waals surface area (Å²) in [6.45, 7) is 3.80. The summed E-state index contributed by atoms with van der Waals surface area (Å²) in [5, 5.41) is 12.7. The molecule has 0 bridgehead atoms.